The van der Waals surface area contributed by atoms with Gasteiger partial charge in [-0.25, -0.2) is 5.43 Å². The lowest BCUT2D eigenvalue weighted by Crippen LogP contribution is -2.46. The first-order valence-electron chi connectivity index (χ1n) is 3.93. The first kappa shape index (κ1) is 10.3. The standard InChI is InChI=1S/C8H19N3/c1-5-10-11(7-6-9)8(2,3)4/h6-7,10H,5,9H2,1-4H3/b7-6-. The Kier molecular flexibility index (Phi) is 3.97. The summed E-state index contributed by atoms with van der Waals surface area (Å²) in [4.78, 5) is 0. The summed E-state index contributed by atoms with van der Waals surface area (Å²) in [6, 6.07) is 0. The summed E-state index contributed by atoms with van der Waals surface area (Å²) in [6.07, 6.45) is 3.37. The maximum atomic E-state index is 5.29. The van der Waals surface area contributed by atoms with Gasteiger partial charge in [-0.1, -0.05) is 6.92 Å². The minimum Gasteiger partial charge on any atom is -0.403 e. The highest BCUT2D eigenvalue weighted by Gasteiger charge is 2.16. The van der Waals surface area contributed by atoms with Crippen molar-refractivity contribution in [2.45, 2.75) is 33.2 Å². The molecule has 0 saturated heterocycles. The van der Waals surface area contributed by atoms with Crippen LogP contribution in [-0.2, 0) is 0 Å². The lowest BCUT2D eigenvalue weighted by molar-refractivity contribution is 0.139. The smallest absolute Gasteiger partial charge is 0.0473 e. The first-order chi connectivity index (χ1) is 5.02. The Morgan fingerprint density at radius 2 is 2.00 bits per heavy atom. The largest absolute Gasteiger partial charge is 0.403 e. The average Bonchev–Trinajstić information content (AvgIpc) is 1.85. The van der Waals surface area contributed by atoms with Crippen LogP contribution in [0.5, 0.6) is 0 Å². The van der Waals surface area contributed by atoms with E-state index in [9.17, 15) is 0 Å². The molecule has 0 aromatic carbocycles. The van der Waals surface area contributed by atoms with Crippen molar-refractivity contribution in [3.05, 3.63) is 12.4 Å². The topological polar surface area (TPSA) is 41.3 Å². The predicted octanol–water partition coefficient (Wildman–Crippen LogP) is 1.04. The molecular weight excluding hydrogens is 138 g/mol. The summed E-state index contributed by atoms with van der Waals surface area (Å²) in [5, 5.41) is 1.99. The second-order valence-electron chi connectivity index (χ2n) is 3.39. The van der Waals surface area contributed by atoms with Crippen LogP contribution < -0.4 is 11.2 Å². The zero-order valence-electron chi connectivity index (χ0n) is 7.89. The number of rotatable bonds is 3. The number of hydrazine groups is 1. The number of hydrogen-bond acceptors (Lipinski definition) is 3. The number of nitrogens with zero attached hydrogens (tertiary/aromatic N) is 1. The van der Waals surface area contributed by atoms with Crippen LogP contribution in [0.2, 0.25) is 0 Å². The fraction of sp³-hybridized carbons (Fsp3) is 0.750. The van der Waals surface area contributed by atoms with Gasteiger partial charge >= 0.3 is 0 Å². The van der Waals surface area contributed by atoms with E-state index in [0.29, 0.717) is 0 Å². The van der Waals surface area contributed by atoms with Crippen molar-refractivity contribution in [1.29, 1.82) is 0 Å². The zero-order chi connectivity index (χ0) is 8.91. The maximum Gasteiger partial charge on any atom is 0.0473 e. The van der Waals surface area contributed by atoms with Crippen molar-refractivity contribution in [2.24, 2.45) is 5.73 Å². The van der Waals surface area contributed by atoms with Crippen molar-refractivity contribution in [2.75, 3.05) is 6.54 Å². The molecule has 3 heteroatoms. The van der Waals surface area contributed by atoms with Gasteiger partial charge in [-0.05, 0) is 20.8 Å². The van der Waals surface area contributed by atoms with E-state index in [1.165, 1.54) is 6.20 Å². The molecule has 0 heterocycles. The molecule has 0 unspecified atom stereocenters. The molecule has 0 amide bonds. The molecule has 3 nitrogen and oxygen atoms in total. The van der Waals surface area contributed by atoms with Crippen LogP contribution in [0.15, 0.2) is 12.4 Å². The van der Waals surface area contributed by atoms with Gasteiger partial charge in [0, 0.05) is 24.5 Å². The highest BCUT2D eigenvalue weighted by molar-refractivity contribution is 4.84. The van der Waals surface area contributed by atoms with Gasteiger partial charge in [0.15, 0.2) is 0 Å². The number of nitrogens with one attached hydrogen (secondary N) is 1. The van der Waals surface area contributed by atoms with Crippen LogP contribution in [0.1, 0.15) is 27.7 Å². The Morgan fingerprint density at radius 1 is 1.45 bits per heavy atom. The molecule has 0 atom stereocenters. The Balaban J connectivity index is 4.10. The van der Waals surface area contributed by atoms with Gasteiger partial charge in [-0.2, -0.15) is 0 Å². The van der Waals surface area contributed by atoms with Crippen LogP contribution in [0.3, 0.4) is 0 Å². The third kappa shape index (κ3) is 3.88. The van der Waals surface area contributed by atoms with E-state index in [-0.39, 0.29) is 5.54 Å². The van der Waals surface area contributed by atoms with E-state index < -0.39 is 0 Å². The Labute approximate surface area is 69.2 Å². The van der Waals surface area contributed by atoms with E-state index in [1.54, 1.807) is 0 Å². The van der Waals surface area contributed by atoms with E-state index in [2.05, 4.69) is 33.1 Å². The molecule has 0 aromatic heterocycles. The summed E-state index contributed by atoms with van der Waals surface area (Å²) in [5.41, 5.74) is 8.56. The molecule has 3 N–H and O–H groups in total. The number of hydrogen-bond donors (Lipinski definition) is 2. The van der Waals surface area contributed by atoms with Crippen molar-refractivity contribution < 1.29 is 0 Å². The summed E-state index contributed by atoms with van der Waals surface area (Å²) in [5.74, 6) is 0. The highest BCUT2D eigenvalue weighted by atomic mass is 15.5. The Hall–Kier alpha value is -0.700. The molecule has 0 aliphatic rings. The van der Waals surface area contributed by atoms with Gasteiger partial charge in [-0.3, -0.25) is 0 Å². The number of nitrogens with two attached hydrogens (primary N) is 1. The van der Waals surface area contributed by atoms with Crippen LogP contribution in [-0.4, -0.2) is 17.1 Å². The lowest BCUT2D eigenvalue weighted by Gasteiger charge is -2.34. The second-order valence-corrected chi connectivity index (χ2v) is 3.39. The average molecular weight is 157 g/mol. The molecule has 0 rings (SSSR count). The predicted molar refractivity (Wildman–Crippen MR) is 48.6 cm³/mol. The Bertz CT molecular complexity index is 124. The minimum absolute atomic E-state index is 0.0753. The van der Waals surface area contributed by atoms with Gasteiger partial charge in [0.2, 0.25) is 0 Å². The van der Waals surface area contributed by atoms with Crippen LogP contribution in [0, 0.1) is 0 Å². The Morgan fingerprint density at radius 3 is 2.27 bits per heavy atom. The third-order valence-electron chi connectivity index (χ3n) is 1.29. The van der Waals surface area contributed by atoms with Gasteiger partial charge < -0.3 is 10.7 Å². The van der Waals surface area contributed by atoms with Gasteiger partial charge in [0.25, 0.3) is 0 Å². The zero-order valence-corrected chi connectivity index (χ0v) is 7.89. The first-order valence-corrected chi connectivity index (χ1v) is 3.93. The molecule has 0 spiro atoms. The van der Waals surface area contributed by atoms with Crippen molar-refractivity contribution in [1.82, 2.24) is 10.4 Å². The second kappa shape index (κ2) is 4.23. The molecule has 66 valence electrons. The van der Waals surface area contributed by atoms with E-state index >= 15 is 0 Å². The molecule has 0 fully saturated rings. The maximum absolute atomic E-state index is 5.29. The van der Waals surface area contributed by atoms with E-state index in [1.807, 2.05) is 11.2 Å². The van der Waals surface area contributed by atoms with Crippen molar-refractivity contribution >= 4 is 0 Å². The normalized spacial score (nSPS) is 12.4. The molecular formula is C8H19N3. The van der Waals surface area contributed by atoms with Crippen molar-refractivity contribution in [3.63, 3.8) is 0 Å². The van der Waals surface area contributed by atoms with Crippen LogP contribution in [0.4, 0.5) is 0 Å². The molecule has 0 aliphatic carbocycles. The quantitative estimate of drug-likeness (QED) is 0.601. The van der Waals surface area contributed by atoms with Gasteiger partial charge in [0.1, 0.15) is 0 Å². The van der Waals surface area contributed by atoms with Crippen molar-refractivity contribution in [3.8, 4) is 0 Å². The third-order valence-corrected chi connectivity index (χ3v) is 1.29. The molecule has 0 bridgehead atoms. The van der Waals surface area contributed by atoms with Crippen LogP contribution >= 0.6 is 0 Å². The summed E-state index contributed by atoms with van der Waals surface area (Å²) in [7, 11) is 0. The molecule has 0 saturated carbocycles. The van der Waals surface area contributed by atoms with Gasteiger partial charge in [-0.15, -0.1) is 0 Å². The van der Waals surface area contributed by atoms with Gasteiger partial charge in [0.05, 0.1) is 0 Å². The summed E-state index contributed by atoms with van der Waals surface area (Å²) >= 11 is 0. The SMILES string of the molecule is CCNN(/C=C\N)C(C)(C)C. The van der Waals surface area contributed by atoms with Crippen LogP contribution in [0.25, 0.3) is 0 Å². The molecule has 0 aromatic rings. The monoisotopic (exact) mass is 157 g/mol. The highest BCUT2D eigenvalue weighted by Crippen LogP contribution is 2.09. The molecule has 0 aliphatic heterocycles. The van der Waals surface area contributed by atoms with E-state index in [0.717, 1.165) is 6.54 Å². The fourth-order valence-corrected chi connectivity index (χ4v) is 0.770. The summed E-state index contributed by atoms with van der Waals surface area (Å²) in [6.45, 7) is 9.33. The van der Waals surface area contributed by atoms with E-state index in [4.69, 9.17) is 5.73 Å². The molecule has 11 heavy (non-hydrogen) atoms. The lowest BCUT2D eigenvalue weighted by atomic mass is 10.1. The minimum atomic E-state index is 0.0753. The molecule has 0 radical (unpaired) electrons. The fourth-order valence-electron chi connectivity index (χ4n) is 0.770. The summed E-state index contributed by atoms with van der Waals surface area (Å²) < 4.78 is 0.